The van der Waals surface area contributed by atoms with Crippen molar-refractivity contribution in [3.05, 3.63) is 39.3 Å². The zero-order chi connectivity index (χ0) is 13.9. The minimum Gasteiger partial charge on any atom is -0.371 e. The van der Waals surface area contributed by atoms with Gasteiger partial charge in [-0.3, -0.25) is 10.1 Å². The zero-order valence-electron chi connectivity index (χ0n) is 10.5. The molecule has 0 bridgehead atoms. The van der Waals surface area contributed by atoms with Gasteiger partial charge in [-0.15, -0.1) is 10.2 Å². The average Bonchev–Trinajstić information content (AvgIpc) is 3.09. The van der Waals surface area contributed by atoms with Crippen LogP contribution in [-0.4, -0.2) is 22.7 Å². The summed E-state index contributed by atoms with van der Waals surface area (Å²) in [6.45, 7) is 0.767. The average molecular weight is 354 g/mol. The summed E-state index contributed by atoms with van der Waals surface area (Å²) in [6, 6.07) is 7.26. The predicted octanol–water partition coefficient (Wildman–Crippen LogP) is 3.40. The van der Waals surface area contributed by atoms with Gasteiger partial charge in [0.15, 0.2) is 0 Å². The molecule has 5 nitrogen and oxygen atoms in total. The van der Waals surface area contributed by atoms with Crippen LogP contribution in [0.2, 0.25) is 0 Å². The van der Waals surface area contributed by atoms with E-state index < -0.39 is 0 Å². The second kappa shape index (κ2) is 5.99. The number of benzene rings is 1. The summed E-state index contributed by atoms with van der Waals surface area (Å²) in [6.07, 6.45) is 2.04. The molecule has 1 saturated heterocycles. The van der Waals surface area contributed by atoms with Gasteiger partial charge in [0, 0.05) is 11.1 Å². The van der Waals surface area contributed by atoms with Gasteiger partial charge in [0.2, 0.25) is 5.13 Å². The van der Waals surface area contributed by atoms with Gasteiger partial charge >= 0.3 is 0 Å². The van der Waals surface area contributed by atoms with Crippen molar-refractivity contribution in [2.75, 3.05) is 11.9 Å². The van der Waals surface area contributed by atoms with Crippen molar-refractivity contribution in [1.29, 1.82) is 0 Å². The number of hydrogen-bond donors (Lipinski definition) is 1. The topological polar surface area (TPSA) is 64.1 Å². The van der Waals surface area contributed by atoms with E-state index in [0.717, 1.165) is 28.9 Å². The second-order valence-corrected chi connectivity index (χ2v) is 6.24. The molecule has 104 valence electrons. The summed E-state index contributed by atoms with van der Waals surface area (Å²) in [5, 5.41) is 12.2. The molecule has 0 spiro atoms. The molecule has 1 atom stereocenters. The van der Waals surface area contributed by atoms with Crippen LogP contribution < -0.4 is 5.32 Å². The lowest BCUT2D eigenvalue weighted by Crippen LogP contribution is -2.12. The quantitative estimate of drug-likeness (QED) is 0.918. The molecule has 2 heterocycles. The Bertz CT molecular complexity index is 626. The minimum atomic E-state index is -0.201. The zero-order valence-corrected chi connectivity index (χ0v) is 12.9. The van der Waals surface area contributed by atoms with Crippen LogP contribution in [0.25, 0.3) is 0 Å². The van der Waals surface area contributed by atoms with Crippen molar-refractivity contribution in [1.82, 2.24) is 10.2 Å². The highest BCUT2D eigenvalue weighted by molar-refractivity contribution is 9.10. The lowest BCUT2D eigenvalue weighted by molar-refractivity contribution is 0.102. The van der Waals surface area contributed by atoms with E-state index in [1.165, 1.54) is 11.3 Å². The molecule has 1 N–H and O–H groups in total. The van der Waals surface area contributed by atoms with E-state index >= 15 is 0 Å². The summed E-state index contributed by atoms with van der Waals surface area (Å²) >= 11 is 4.72. The Labute approximate surface area is 128 Å². The SMILES string of the molecule is O=C(Nc1nnc(C2CCCO2)s1)c1ccccc1Br. The first-order chi connectivity index (χ1) is 9.74. The van der Waals surface area contributed by atoms with Gasteiger partial charge in [-0.25, -0.2) is 0 Å². The largest absolute Gasteiger partial charge is 0.371 e. The maximum Gasteiger partial charge on any atom is 0.258 e. The molecule has 1 aliphatic heterocycles. The van der Waals surface area contributed by atoms with Gasteiger partial charge in [0.25, 0.3) is 5.91 Å². The summed E-state index contributed by atoms with van der Waals surface area (Å²) in [4.78, 5) is 12.1. The Kier molecular flexibility index (Phi) is 4.09. The third-order valence-electron chi connectivity index (χ3n) is 2.98. The molecule has 3 rings (SSSR count). The smallest absolute Gasteiger partial charge is 0.258 e. The van der Waals surface area contributed by atoms with E-state index in [9.17, 15) is 4.79 Å². The molecule has 2 aromatic rings. The van der Waals surface area contributed by atoms with Crippen molar-refractivity contribution in [2.45, 2.75) is 18.9 Å². The van der Waals surface area contributed by atoms with Gasteiger partial charge in [0.1, 0.15) is 11.1 Å². The molecule has 1 unspecified atom stereocenters. The van der Waals surface area contributed by atoms with Gasteiger partial charge in [-0.05, 0) is 40.9 Å². The number of aromatic nitrogens is 2. The van der Waals surface area contributed by atoms with Crippen molar-refractivity contribution < 1.29 is 9.53 Å². The molecule has 1 fully saturated rings. The van der Waals surface area contributed by atoms with Gasteiger partial charge < -0.3 is 4.74 Å². The number of anilines is 1. The van der Waals surface area contributed by atoms with E-state index in [2.05, 4.69) is 31.4 Å². The molecule has 1 amide bonds. The molecule has 0 radical (unpaired) electrons. The van der Waals surface area contributed by atoms with E-state index in [4.69, 9.17) is 4.74 Å². The first kappa shape index (κ1) is 13.7. The first-order valence-electron chi connectivity index (χ1n) is 6.25. The highest BCUT2D eigenvalue weighted by Gasteiger charge is 2.22. The fourth-order valence-electron chi connectivity index (χ4n) is 2.00. The van der Waals surface area contributed by atoms with Crippen molar-refractivity contribution in [3.8, 4) is 0 Å². The number of carbonyl (C=O) groups is 1. The minimum absolute atomic E-state index is 0.0293. The van der Waals surface area contributed by atoms with Crippen molar-refractivity contribution in [2.24, 2.45) is 0 Å². The Morgan fingerprint density at radius 2 is 2.25 bits per heavy atom. The Morgan fingerprint density at radius 1 is 1.40 bits per heavy atom. The first-order valence-corrected chi connectivity index (χ1v) is 7.86. The molecule has 1 aromatic heterocycles. The summed E-state index contributed by atoms with van der Waals surface area (Å²) in [5.41, 5.74) is 0.571. The molecule has 0 saturated carbocycles. The normalized spacial score (nSPS) is 18.1. The number of ether oxygens (including phenoxy) is 1. The molecular weight excluding hydrogens is 342 g/mol. The number of carbonyl (C=O) groups excluding carboxylic acids is 1. The van der Waals surface area contributed by atoms with Gasteiger partial charge in [-0.1, -0.05) is 23.5 Å². The summed E-state index contributed by atoms with van der Waals surface area (Å²) in [7, 11) is 0. The van der Waals surface area contributed by atoms with Crippen LogP contribution in [0.5, 0.6) is 0 Å². The summed E-state index contributed by atoms with van der Waals surface area (Å²) < 4.78 is 6.30. The molecule has 1 aliphatic rings. The molecular formula is C13H12BrN3O2S. The van der Waals surface area contributed by atoms with Crippen LogP contribution in [0.4, 0.5) is 5.13 Å². The van der Waals surface area contributed by atoms with Crippen LogP contribution in [0.15, 0.2) is 28.7 Å². The van der Waals surface area contributed by atoms with Crippen LogP contribution >= 0.6 is 27.3 Å². The van der Waals surface area contributed by atoms with Crippen molar-refractivity contribution in [3.63, 3.8) is 0 Å². The predicted molar refractivity (Wildman–Crippen MR) is 79.9 cm³/mol. The number of nitrogens with zero attached hydrogens (tertiary/aromatic N) is 2. The van der Waals surface area contributed by atoms with Crippen LogP contribution in [0.1, 0.15) is 34.3 Å². The Balaban J connectivity index is 1.72. The highest BCUT2D eigenvalue weighted by atomic mass is 79.9. The standard InChI is InChI=1S/C13H12BrN3O2S/c14-9-5-2-1-4-8(9)11(18)15-13-17-16-12(20-13)10-6-3-7-19-10/h1-2,4-5,10H,3,6-7H2,(H,15,17,18). The monoisotopic (exact) mass is 353 g/mol. The third kappa shape index (κ3) is 2.89. The lowest BCUT2D eigenvalue weighted by atomic mass is 10.2. The maximum absolute atomic E-state index is 12.1. The number of halogens is 1. The molecule has 20 heavy (non-hydrogen) atoms. The van der Waals surface area contributed by atoms with Crippen LogP contribution in [-0.2, 0) is 4.74 Å². The number of nitrogens with one attached hydrogen (secondary N) is 1. The highest BCUT2D eigenvalue weighted by Crippen LogP contribution is 2.32. The van der Waals surface area contributed by atoms with Gasteiger partial charge in [0.05, 0.1) is 5.56 Å². The number of hydrogen-bond acceptors (Lipinski definition) is 5. The third-order valence-corrected chi connectivity index (χ3v) is 4.61. The van der Waals surface area contributed by atoms with Crippen LogP contribution in [0, 0.1) is 0 Å². The number of rotatable bonds is 3. The van der Waals surface area contributed by atoms with Crippen LogP contribution in [0.3, 0.4) is 0 Å². The maximum atomic E-state index is 12.1. The molecule has 1 aromatic carbocycles. The van der Waals surface area contributed by atoms with E-state index in [-0.39, 0.29) is 12.0 Å². The molecule has 0 aliphatic carbocycles. The number of amides is 1. The van der Waals surface area contributed by atoms with E-state index in [0.29, 0.717) is 10.7 Å². The van der Waals surface area contributed by atoms with Gasteiger partial charge in [-0.2, -0.15) is 0 Å². The second-order valence-electron chi connectivity index (χ2n) is 4.38. The van der Waals surface area contributed by atoms with Crippen molar-refractivity contribution >= 4 is 38.3 Å². The van der Waals surface area contributed by atoms with E-state index in [1.54, 1.807) is 6.07 Å². The Morgan fingerprint density at radius 3 is 3.00 bits per heavy atom. The summed E-state index contributed by atoms with van der Waals surface area (Å²) in [5.74, 6) is -0.201. The lowest BCUT2D eigenvalue weighted by Gasteiger charge is -2.03. The Hall–Kier alpha value is -1.31. The fourth-order valence-corrected chi connectivity index (χ4v) is 3.28. The molecule has 7 heteroatoms. The van der Waals surface area contributed by atoms with E-state index in [1.807, 2.05) is 18.2 Å². The fraction of sp³-hybridized carbons (Fsp3) is 0.308.